The third-order valence-corrected chi connectivity index (χ3v) is 4.76. The van der Waals surface area contributed by atoms with E-state index in [0.717, 1.165) is 6.42 Å². The summed E-state index contributed by atoms with van der Waals surface area (Å²) in [6.07, 6.45) is 1.27. The summed E-state index contributed by atoms with van der Waals surface area (Å²) in [5.74, 6) is -0.622. The molecule has 0 spiro atoms. The van der Waals surface area contributed by atoms with Crippen LogP contribution in [0, 0.1) is 5.92 Å². The lowest BCUT2D eigenvalue weighted by molar-refractivity contribution is 0.1000. The molecule has 0 heterocycles. The fraction of sp³-hybridized carbons (Fsp3) is 0.462. The van der Waals surface area contributed by atoms with Crippen LogP contribution >= 0.6 is 0 Å². The number of benzene rings is 1. The third kappa shape index (κ3) is 4.69. The fourth-order valence-corrected chi connectivity index (χ4v) is 3.11. The summed E-state index contributed by atoms with van der Waals surface area (Å²) >= 11 is 0. The van der Waals surface area contributed by atoms with Crippen molar-refractivity contribution < 1.29 is 18.3 Å². The van der Waals surface area contributed by atoms with Gasteiger partial charge >= 0.3 is 0 Å². The minimum absolute atomic E-state index is 0.00960. The van der Waals surface area contributed by atoms with Crippen LogP contribution in [-0.2, 0) is 10.0 Å². The molecule has 1 rings (SSSR count). The first-order valence-electron chi connectivity index (χ1n) is 6.61. The van der Waals surface area contributed by atoms with E-state index in [1.165, 1.54) is 18.2 Å². The summed E-state index contributed by atoms with van der Waals surface area (Å²) in [6, 6.07) is 3.81. The van der Waals surface area contributed by atoms with Gasteiger partial charge in [0.1, 0.15) is 4.90 Å². The van der Waals surface area contributed by atoms with Crippen molar-refractivity contribution in [1.82, 2.24) is 4.72 Å². The molecule has 0 aliphatic carbocycles. The number of amides is 1. The molecule has 0 saturated heterocycles. The molecule has 0 saturated carbocycles. The minimum Gasteiger partial charge on any atom is -0.398 e. The maximum atomic E-state index is 12.2. The maximum Gasteiger partial charge on any atom is 0.248 e. The Morgan fingerprint density at radius 1 is 1.43 bits per heavy atom. The lowest BCUT2D eigenvalue weighted by Gasteiger charge is -2.15. The summed E-state index contributed by atoms with van der Waals surface area (Å²) < 4.78 is 26.8. The number of aliphatic hydroxyl groups is 1. The Balaban J connectivity index is 2.90. The molecule has 1 amide bonds. The second kappa shape index (κ2) is 7.39. The second-order valence-corrected chi connectivity index (χ2v) is 6.49. The highest BCUT2D eigenvalue weighted by Gasteiger charge is 2.19. The van der Waals surface area contributed by atoms with E-state index in [0.29, 0.717) is 6.42 Å². The van der Waals surface area contributed by atoms with Gasteiger partial charge in [0.2, 0.25) is 15.9 Å². The SMILES string of the molecule is CCC(CCO)CNS(=O)(=O)c1ccc(C(N)=O)cc1N. The molecule has 0 aromatic heterocycles. The van der Waals surface area contributed by atoms with E-state index in [-0.39, 0.29) is 35.2 Å². The maximum absolute atomic E-state index is 12.2. The number of nitrogen functional groups attached to an aromatic ring is 1. The number of carbonyl (C=O) groups is 1. The molecule has 0 aliphatic heterocycles. The van der Waals surface area contributed by atoms with Gasteiger partial charge in [0.05, 0.1) is 5.69 Å². The Hall–Kier alpha value is -1.64. The molecule has 7 nitrogen and oxygen atoms in total. The van der Waals surface area contributed by atoms with E-state index in [4.69, 9.17) is 16.6 Å². The second-order valence-electron chi connectivity index (χ2n) is 4.76. The zero-order valence-corrected chi connectivity index (χ0v) is 12.7. The number of nitrogens with one attached hydrogen (secondary N) is 1. The van der Waals surface area contributed by atoms with Crippen LogP contribution in [0.15, 0.2) is 23.1 Å². The van der Waals surface area contributed by atoms with E-state index in [1.807, 2.05) is 6.92 Å². The average molecular weight is 315 g/mol. The van der Waals surface area contributed by atoms with Gasteiger partial charge < -0.3 is 16.6 Å². The zero-order valence-electron chi connectivity index (χ0n) is 11.9. The van der Waals surface area contributed by atoms with Gasteiger partial charge in [-0.3, -0.25) is 4.79 Å². The Kier molecular flexibility index (Phi) is 6.13. The number of primary amides is 1. The third-order valence-electron chi connectivity index (χ3n) is 3.26. The highest BCUT2D eigenvalue weighted by Crippen LogP contribution is 2.20. The van der Waals surface area contributed by atoms with Crippen LogP contribution in [0.25, 0.3) is 0 Å². The summed E-state index contributed by atoms with van der Waals surface area (Å²) in [5, 5.41) is 8.90. The van der Waals surface area contributed by atoms with Gasteiger partial charge in [-0.25, -0.2) is 13.1 Å². The predicted molar refractivity (Wildman–Crippen MR) is 80.0 cm³/mol. The Morgan fingerprint density at radius 3 is 2.57 bits per heavy atom. The number of rotatable bonds is 8. The quantitative estimate of drug-likeness (QED) is 0.503. The Morgan fingerprint density at radius 2 is 2.10 bits per heavy atom. The van der Waals surface area contributed by atoms with Gasteiger partial charge in [-0.1, -0.05) is 13.3 Å². The monoisotopic (exact) mass is 315 g/mol. The molecular weight excluding hydrogens is 294 g/mol. The van der Waals surface area contributed by atoms with Crippen molar-refractivity contribution in [3.63, 3.8) is 0 Å². The minimum atomic E-state index is -3.77. The van der Waals surface area contributed by atoms with Crippen LogP contribution in [0.3, 0.4) is 0 Å². The van der Waals surface area contributed by atoms with Crippen LogP contribution < -0.4 is 16.2 Å². The molecule has 0 aliphatic rings. The molecule has 0 bridgehead atoms. The standard InChI is InChI=1S/C13H21N3O4S/c1-2-9(5-6-17)8-16-21(19,20)12-4-3-10(13(15)18)7-11(12)14/h3-4,7,9,16-17H,2,5-6,8,14H2,1H3,(H2,15,18). The van der Waals surface area contributed by atoms with Crippen molar-refractivity contribution in [3.05, 3.63) is 23.8 Å². The molecular formula is C13H21N3O4S. The zero-order chi connectivity index (χ0) is 16.0. The van der Waals surface area contributed by atoms with Crippen molar-refractivity contribution in [3.8, 4) is 0 Å². The highest BCUT2D eigenvalue weighted by molar-refractivity contribution is 7.89. The normalized spacial score (nSPS) is 13.0. The molecule has 1 aromatic rings. The smallest absolute Gasteiger partial charge is 0.248 e. The van der Waals surface area contributed by atoms with Crippen LogP contribution in [0.4, 0.5) is 5.69 Å². The summed E-state index contributed by atoms with van der Waals surface area (Å²) in [4.78, 5) is 10.9. The van der Waals surface area contributed by atoms with Gasteiger partial charge in [-0.05, 0) is 30.5 Å². The molecule has 118 valence electrons. The summed E-state index contributed by atoms with van der Waals surface area (Å²) in [6.45, 7) is 2.15. The Bertz CT molecular complexity index is 601. The van der Waals surface area contributed by atoms with Crippen LogP contribution in [0.1, 0.15) is 30.1 Å². The molecule has 0 fully saturated rings. The fourth-order valence-electron chi connectivity index (χ4n) is 1.88. The van der Waals surface area contributed by atoms with Crippen molar-refractivity contribution in [2.24, 2.45) is 11.7 Å². The topological polar surface area (TPSA) is 136 Å². The van der Waals surface area contributed by atoms with Gasteiger partial charge in [-0.15, -0.1) is 0 Å². The number of nitrogens with two attached hydrogens (primary N) is 2. The summed E-state index contributed by atoms with van der Waals surface area (Å²) in [7, 11) is -3.77. The number of anilines is 1. The van der Waals surface area contributed by atoms with Crippen molar-refractivity contribution >= 4 is 21.6 Å². The van der Waals surface area contributed by atoms with Gasteiger partial charge in [-0.2, -0.15) is 0 Å². The average Bonchev–Trinajstić information content (AvgIpc) is 2.42. The predicted octanol–water partition coefficient (Wildman–Crippen LogP) is 0.0546. The van der Waals surface area contributed by atoms with E-state index >= 15 is 0 Å². The van der Waals surface area contributed by atoms with Gasteiger partial charge in [0.25, 0.3) is 0 Å². The van der Waals surface area contributed by atoms with Crippen LogP contribution in [-0.4, -0.2) is 32.6 Å². The molecule has 0 radical (unpaired) electrons. The molecule has 1 aromatic carbocycles. The van der Waals surface area contributed by atoms with Crippen LogP contribution in [0.2, 0.25) is 0 Å². The van der Waals surface area contributed by atoms with E-state index in [2.05, 4.69) is 4.72 Å². The van der Waals surface area contributed by atoms with Gasteiger partial charge in [0, 0.05) is 18.7 Å². The molecule has 1 atom stereocenters. The van der Waals surface area contributed by atoms with E-state index < -0.39 is 15.9 Å². The lowest BCUT2D eigenvalue weighted by Crippen LogP contribution is -2.30. The molecule has 6 N–H and O–H groups in total. The number of hydrogen-bond donors (Lipinski definition) is 4. The number of sulfonamides is 1. The number of hydrogen-bond acceptors (Lipinski definition) is 5. The first-order valence-corrected chi connectivity index (χ1v) is 8.10. The molecule has 21 heavy (non-hydrogen) atoms. The summed E-state index contributed by atoms with van der Waals surface area (Å²) in [5.41, 5.74) is 10.9. The highest BCUT2D eigenvalue weighted by atomic mass is 32.2. The Labute approximate surface area is 124 Å². The van der Waals surface area contributed by atoms with Crippen LogP contribution in [0.5, 0.6) is 0 Å². The molecule has 1 unspecified atom stereocenters. The number of carbonyl (C=O) groups excluding carboxylic acids is 1. The first kappa shape index (κ1) is 17.4. The van der Waals surface area contributed by atoms with E-state index in [1.54, 1.807) is 0 Å². The largest absolute Gasteiger partial charge is 0.398 e. The van der Waals surface area contributed by atoms with Crippen molar-refractivity contribution in [1.29, 1.82) is 0 Å². The first-order chi connectivity index (χ1) is 9.81. The van der Waals surface area contributed by atoms with Gasteiger partial charge in [0.15, 0.2) is 0 Å². The lowest BCUT2D eigenvalue weighted by atomic mass is 10.0. The van der Waals surface area contributed by atoms with Crippen molar-refractivity contribution in [2.45, 2.75) is 24.7 Å². The molecule has 8 heteroatoms. The van der Waals surface area contributed by atoms with E-state index in [9.17, 15) is 13.2 Å². The number of aliphatic hydroxyl groups excluding tert-OH is 1. The van der Waals surface area contributed by atoms with Crippen molar-refractivity contribution in [2.75, 3.05) is 18.9 Å².